The normalized spacial score (nSPS) is 17.4. The summed E-state index contributed by atoms with van der Waals surface area (Å²) in [6.07, 6.45) is 2.56. The molecule has 1 saturated heterocycles. The summed E-state index contributed by atoms with van der Waals surface area (Å²) >= 11 is 0. The predicted molar refractivity (Wildman–Crippen MR) is 97.3 cm³/mol. The maximum absolute atomic E-state index is 11.9. The lowest BCUT2D eigenvalue weighted by Crippen LogP contribution is -2.53. The number of oxazole rings is 1. The Hall–Kier alpha value is -2.34. The van der Waals surface area contributed by atoms with Crippen LogP contribution in [-0.4, -0.2) is 39.7 Å². The van der Waals surface area contributed by atoms with E-state index in [9.17, 15) is 9.90 Å². The first-order chi connectivity index (χ1) is 12.4. The molecule has 0 unspecified atom stereocenters. The first kappa shape index (κ1) is 18.5. The number of benzene rings is 1. The Balaban J connectivity index is 1.64. The van der Waals surface area contributed by atoms with Crippen molar-refractivity contribution in [2.24, 2.45) is 0 Å². The van der Waals surface area contributed by atoms with Gasteiger partial charge < -0.3 is 14.3 Å². The molecular formula is C20H26N2O4. The van der Waals surface area contributed by atoms with Crippen LogP contribution in [0.2, 0.25) is 0 Å². The molecule has 1 aromatic carbocycles. The molecule has 0 saturated carbocycles. The molecule has 1 aromatic heterocycles. The van der Waals surface area contributed by atoms with Crippen molar-refractivity contribution in [2.45, 2.75) is 51.7 Å². The van der Waals surface area contributed by atoms with Gasteiger partial charge in [0.1, 0.15) is 12.0 Å². The number of hydrogen-bond donors (Lipinski definition) is 1. The molecule has 2 aromatic rings. The summed E-state index contributed by atoms with van der Waals surface area (Å²) in [5, 5.41) is 9.79. The van der Waals surface area contributed by atoms with Crippen molar-refractivity contribution >= 4 is 5.97 Å². The van der Waals surface area contributed by atoms with Crippen LogP contribution in [-0.2, 0) is 11.3 Å². The molecule has 140 valence electrons. The summed E-state index contributed by atoms with van der Waals surface area (Å²) in [5.74, 6) is 0.702. The summed E-state index contributed by atoms with van der Waals surface area (Å²) in [4.78, 5) is 18.6. The van der Waals surface area contributed by atoms with E-state index in [0.717, 1.165) is 17.1 Å². The summed E-state index contributed by atoms with van der Waals surface area (Å²) in [6.45, 7) is 7.99. The zero-order chi connectivity index (χ0) is 18.7. The van der Waals surface area contributed by atoms with Gasteiger partial charge in [0.15, 0.2) is 5.89 Å². The molecule has 3 rings (SSSR count). The average molecular weight is 358 g/mol. The molecule has 1 N–H and O–H groups in total. The van der Waals surface area contributed by atoms with Gasteiger partial charge in [-0.25, -0.2) is 9.78 Å². The topological polar surface area (TPSA) is 75.8 Å². The van der Waals surface area contributed by atoms with Gasteiger partial charge in [0.25, 0.3) is 0 Å². The lowest BCUT2D eigenvalue weighted by atomic mass is 9.91. The quantitative estimate of drug-likeness (QED) is 0.850. The molecule has 0 bridgehead atoms. The molecule has 6 heteroatoms. The van der Waals surface area contributed by atoms with E-state index in [4.69, 9.17) is 9.15 Å². The number of carbonyl (C=O) groups is 1. The highest BCUT2D eigenvalue weighted by Crippen LogP contribution is 2.30. The van der Waals surface area contributed by atoms with Crippen LogP contribution in [0.3, 0.4) is 0 Å². The Morgan fingerprint density at radius 3 is 2.69 bits per heavy atom. The Morgan fingerprint density at radius 1 is 1.38 bits per heavy atom. The number of hydrogen-bond acceptors (Lipinski definition) is 5. The maximum atomic E-state index is 11.9. The monoisotopic (exact) mass is 358 g/mol. The van der Waals surface area contributed by atoms with Crippen molar-refractivity contribution in [1.82, 2.24) is 9.88 Å². The van der Waals surface area contributed by atoms with Crippen LogP contribution in [0.1, 0.15) is 49.8 Å². The highest BCUT2D eigenvalue weighted by molar-refractivity contribution is 5.78. The van der Waals surface area contributed by atoms with Crippen LogP contribution < -0.4 is 4.74 Å². The summed E-state index contributed by atoms with van der Waals surface area (Å²) in [5.41, 5.74) is 0.764. The Labute approximate surface area is 153 Å². The fraction of sp³-hybridized carbons (Fsp3) is 0.500. The molecule has 0 atom stereocenters. The predicted octanol–water partition coefficient (Wildman–Crippen LogP) is 3.60. The third-order valence-electron chi connectivity index (χ3n) is 4.81. The number of aromatic nitrogens is 1. The van der Waals surface area contributed by atoms with Crippen molar-refractivity contribution in [1.29, 1.82) is 0 Å². The number of aliphatic carboxylic acids is 1. The minimum atomic E-state index is -1.17. The van der Waals surface area contributed by atoms with Crippen LogP contribution >= 0.6 is 0 Å². The van der Waals surface area contributed by atoms with Crippen molar-refractivity contribution in [3.8, 4) is 5.75 Å². The molecule has 0 radical (unpaired) electrons. The van der Waals surface area contributed by atoms with Crippen LogP contribution in [0.25, 0.3) is 0 Å². The van der Waals surface area contributed by atoms with E-state index in [0.29, 0.717) is 38.2 Å². The lowest BCUT2D eigenvalue weighted by molar-refractivity contribution is -0.159. The van der Waals surface area contributed by atoms with Crippen LogP contribution in [0.4, 0.5) is 0 Å². The molecule has 26 heavy (non-hydrogen) atoms. The molecular weight excluding hydrogens is 332 g/mol. The van der Waals surface area contributed by atoms with Crippen LogP contribution in [0, 0.1) is 6.92 Å². The van der Waals surface area contributed by atoms with Gasteiger partial charge >= 0.3 is 5.97 Å². The van der Waals surface area contributed by atoms with Gasteiger partial charge in [0, 0.05) is 38.4 Å². The molecule has 2 heterocycles. The SMILES string of the molecule is Cc1cccc(OC2(C(=O)O)CCN(Cc3coc(C(C)C)n3)CC2)c1. The van der Waals surface area contributed by atoms with Gasteiger partial charge in [-0.1, -0.05) is 26.0 Å². The number of nitrogens with zero attached hydrogens (tertiary/aromatic N) is 2. The Morgan fingerprint density at radius 2 is 2.12 bits per heavy atom. The molecule has 1 fully saturated rings. The summed E-state index contributed by atoms with van der Waals surface area (Å²) in [7, 11) is 0. The lowest BCUT2D eigenvalue weighted by Gasteiger charge is -2.38. The van der Waals surface area contributed by atoms with E-state index in [-0.39, 0.29) is 5.92 Å². The zero-order valence-electron chi connectivity index (χ0n) is 15.6. The fourth-order valence-electron chi connectivity index (χ4n) is 3.23. The van der Waals surface area contributed by atoms with Gasteiger partial charge in [-0.05, 0) is 24.6 Å². The molecule has 0 spiro atoms. The number of piperidine rings is 1. The largest absolute Gasteiger partial charge is 0.478 e. The van der Waals surface area contributed by atoms with E-state index >= 15 is 0 Å². The van der Waals surface area contributed by atoms with Crippen molar-refractivity contribution in [2.75, 3.05) is 13.1 Å². The van der Waals surface area contributed by atoms with E-state index < -0.39 is 11.6 Å². The second-order valence-corrected chi connectivity index (χ2v) is 7.33. The van der Waals surface area contributed by atoms with E-state index in [2.05, 4.69) is 9.88 Å². The first-order valence-electron chi connectivity index (χ1n) is 9.04. The van der Waals surface area contributed by atoms with Crippen molar-refractivity contribution < 1.29 is 19.1 Å². The third-order valence-corrected chi connectivity index (χ3v) is 4.81. The van der Waals surface area contributed by atoms with Crippen LogP contribution in [0.15, 0.2) is 34.9 Å². The van der Waals surface area contributed by atoms with Gasteiger partial charge in [0.2, 0.25) is 5.60 Å². The number of carboxylic acid groups (broad SMARTS) is 1. The zero-order valence-corrected chi connectivity index (χ0v) is 15.6. The first-order valence-corrected chi connectivity index (χ1v) is 9.04. The van der Waals surface area contributed by atoms with E-state index in [1.807, 2.05) is 45.0 Å². The minimum absolute atomic E-state index is 0.257. The minimum Gasteiger partial charge on any atom is -0.478 e. The summed E-state index contributed by atoms with van der Waals surface area (Å²) < 4.78 is 11.4. The number of ether oxygens (including phenoxy) is 1. The second kappa shape index (κ2) is 7.50. The molecule has 0 aliphatic carbocycles. The Bertz CT molecular complexity index is 761. The Kier molecular flexibility index (Phi) is 5.32. The smallest absolute Gasteiger partial charge is 0.348 e. The van der Waals surface area contributed by atoms with Crippen molar-refractivity contribution in [3.05, 3.63) is 47.7 Å². The fourth-order valence-corrected chi connectivity index (χ4v) is 3.23. The van der Waals surface area contributed by atoms with Gasteiger partial charge in [-0.3, -0.25) is 4.90 Å². The standard InChI is InChI=1S/C20H26N2O4/c1-14(2)18-21-16(13-25-18)12-22-9-7-20(8-10-22,19(23)24)26-17-6-4-5-15(3)11-17/h4-6,11,13-14H,7-10,12H2,1-3H3,(H,23,24). The number of carboxylic acids is 1. The van der Waals surface area contributed by atoms with Crippen molar-refractivity contribution in [3.63, 3.8) is 0 Å². The average Bonchev–Trinajstić information content (AvgIpc) is 3.05. The molecule has 1 aliphatic heterocycles. The van der Waals surface area contributed by atoms with Gasteiger partial charge in [-0.15, -0.1) is 0 Å². The van der Waals surface area contributed by atoms with Gasteiger partial charge in [-0.2, -0.15) is 0 Å². The van der Waals surface area contributed by atoms with Crippen LogP contribution in [0.5, 0.6) is 5.75 Å². The second-order valence-electron chi connectivity index (χ2n) is 7.33. The maximum Gasteiger partial charge on any atom is 0.348 e. The molecule has 6 nitrogen and oxygen atoms in total. The number of likely N-dealkylation sites (tertiary alicyclic amines) is 1. The number of rotatable bonds is 6. The van der Waals surface area contributed by atoms with Gasteiger partial charge in [0.05, 0.1) is 5.69 Å². The molecule has 1 aliphatic rings. The highest BCUT2D eigenvalue weighted by atomic mass is 16.5. The third kappa shape index (κ3) is 4.07. The molecule has 0 amide bonds. The van der Waals surface area contributed by atoms with E-state index in [1.165, 1.54) is 0 Å². The van der Waals surface area contributed by atoms with E-state index in [1.54, 1.807) is 6.26 Å². The summed E-state index contributed by atoms with van der Waals surface area (Å²) in [6, 6.07) is 7.53. The number of aryl methyl sites for hydroxylation is 1. The highest BCUT2D eigenvalue weighted by Gasteiger charge is 2.44.